The van der Waals surface area contributed by atoms with E-state index < -0.39 is 17.7 Å². The van der Waals surface area contributed by atoms with Gasteiger partial charge < -0.3 is 19.2 Å². The normalized spacial score (nSPS) is 24.3. The van der Waals surface area contributed by atoms with Crippen LogP contribution in [0, 0.1) is 6.92 Å². The van der Waals surface area contributed by atoms with Crippen LogP contribution in [-0.4, -0.2) is 41.0 Å². The fourth-order valence-corrected chi connectivity index (χ4v) is 3.86. The summed E-state index contributed by atoms with van der Waals surface area (Å²) in [5, 5.41) is 11.4. The van der Waals surface area contributed by atoms with Crippen LogP contribution in [0.2, 0.25) is 5.02 Å². The van der Waals surface area contributed by atoms with E-state index in [9.17, 15) is 14.7 Å². The smallest absolute Gasteiger partial charge is 0.295 e. The molecule has 7 heteroatoms. The number of furan rings is 1. The highest BCUT2D eigenvalue weighted by molar-refractivity contribution is 6.46. The van der Waals surface area contributed by atoms with E-state index in [4.69, 9.17) is 20.8 Å². The number of hydrogen-bond donors (Lipinski definition) is 1. The standard InChI is InChI=1S/C21H20ClNO5/c1-12-4-9-16(28-12)18-17(19(24)13-5-7-14(22)8-6-13)20(25)21(26)23(18)11-15-3-2-10-27-15/h4-9,15,18,24H,2-3,10-11H2,1H3/t15-,18-/m1/s1. The molecule has 0 bridgehead atoms. The predicted molar refractivity (Wildman–Crippen MR) is 103 cm³/mol. The number of halogens is 1. The number of Topliss-reactive ketones (excluding diaryl/α,β-unsaturated/α-hetero) is 1. The van der Waals surface area contributed by atoms with Gasteiger partial charge in [-0.05, 0) is 56.2 Å². The molecule has 4 rings (SSSR count). The first kappa shape index (κ1) is 18.8. The lowest BCUT2D eigenvalue weighted by molar-refractivity contribution is -0.141. The summed E-state index contributed by atoms with van der Waals surface area (Å²) in [6.45, 7) is 2.70. The van der Waals surface area contributed by atoms with Crippen LogP contribution < -0.4 is 0 Å². The van der Waals surface area contributed by atoms with E-state index >= 15 is 0 Å². The van der Waals surface area contributed by atoms with Gasteiger partial charge in [0.15, 0.2) is 0 Å². The summed E-state index contributed by atoms with van der Waals surface area (Å²) in [5.74, 6) is -0.548. The first-order chi connectivity index (χ1) is 13.5. The van der Waals surface area contributed by atoms with Gasteiger partial charge in [-0.2, -0.15) is 0 Å². The molecule has 1 N–H and O–H groups in total. The third kappa shape index (κ3) is 3.34. The molecule has 2 saturated heterocycles. The number of ketones is 1. The molecular weight excluding hydrogens is 382 g/mol. The van der Waals surface area contributed by atoms with E-state index in [1.807, 2.05) is 0 Å². The van der Waals surface area contributed by atoms with Crippen LogP contribution in [0.1, 0.15) is 36.0 Å². The number of rotatable bonds is 4. The fourth-order valence-electron chi connectivity index (χ4n) is 3.74. The van der Waals surface area contributed by atoms with Crippen LogP contribution in [0.25, 0.3) is 5.76 Å². The average molecular weight is 402 g/mol. The molecule has 28 heavy (non-hydrogen) atoms. The Kier molecular flexibility index (Phi) is 5.00. The Bertz CT molecular complexity index is 940. The highest BCUT2D eigenvalue weighted by Gasteiger charge is 2.48. The Morgan fingerprint density at radius 3 is 2.57 bits per heavy atom. The number of aliphatic hydroxyl groups excluding tert-OH is 1. The SMILES string of the molecule is Cc1ccc([C@@H]2C(=C(O)c3ccc(Cl)cc3)C(=O)C(=O)N2C[C@H]2CCCO2)o1. The van der Waals surface area contributed by atoms with Gasteiger partial charge in [0.2, 0.25) is 0 Å². The van der Waals surface area contributed by atoms with E-state index in [-0.39, 0.29) is 24.0 Å². The third-order valence-corrected chi connectivity index (χ3v) is 5.36. The molecular formula is C21H20ClNO5. The van der Waals surface area contributed by atoms with Gasteiger partial charge in [0.05, 0.1) is 11.7 Å². The molecule has 2 fully saturated rings. The summed E-state index contributed by atoms with van der Waals surface area (Å²) < 4.78 is 11.4. The zero-order valence-electron chi connectivity index (χ0n) is 15.4. The van der Waals surface area contributed by atoms with Crippen molar-refractivity contribution in [1.82, 2.24) is 4.90 Å². The van der Waals surface area contributed by atoms with Crippen molar-refractivity contribution in [2.24, 2.45) is 0 Å². The van der Waals surface area contributed by atoms with Gasteiger partial charge in [0.1, 0.15) is 23.3 Å². The number of carbonyl (C=O) groups is 2. The zero-order chi connectivity index (χ0) is 19.8. The molecule has 1 amide bonds. The lowest BCUT2D eigenvalue weighted by atomic mass is 9.99. The largest absolute Gasteiger partial charge is 0.507 e. The molecule has 2 atom stereocenters. The Morgan fingerprint density at radius 1 is 1.21 bits per heavy atom. The van der Waals surface area contributed by atoms with Crippen molar-refractivity contribution in [2.75, 3.05) is 13.2 Å². The maximum Gasteiger partial charge on any atom is 0.295 e. The second-order valence-corrected chi connectivity index (χ2v) is 7.48. The molecule has 6 nitrogen and oxygen atoms in total. The number of ether oxygens (including phenoxy) is 1. The lowest BCUT2D eigenvalue weighted by Crippen LogP contribution is -2.36. The van der Waals surface area contributed by atoms with E-state index in [1.54, 1.807) is 43.3 Å². The summed E-state index contributed by atoms with van der Waals surface area (Å²) in [4.78, 5) is 27.1. The van der Waals surface area contributed by atoms with Crippen molar-refractivity contribution in [3.05, 3.63) is 64.1 Å². The summed E-state index contributed by atoms with van der Waals surface area (Å²) in [6, 6.07) is 9.14. The van der Waals surface area contributed by atoms with Crippen LogP contribution in [0.5, 0.6) is 0 Å². The minimum atomic E-state index is -0.798. The first-order valence-electron chi connectivity index (χ1n) is 9.18. The van der Waals surface area contributed by atoms with Gasteiger partial charge in [-0.15, -0.1) is 0 Å². The molecule has 3 heterocycles. The maximum atomic E-state index is 12.8. The molecule has 146 valence electrons. The number of aryl methyl sites for hydroxylation is 1. The molecule has 0 aliphatic carbocycles. The summed E-state index contributed by atoms with van der Waals surface area (Å²) >= 11 is 5.92. The van der Waals surface area contributed by atoms with Crippen LogP contribution in [0.15, 0.2) is 46.4 Å². The molecule has 2 aliphatic rings. The molecule has 1 aromatic carbocycles. The fraction of sp³-hybridized carbons (Fsp3) is 0.333. The van der Waals surface area contributed by atoms with Crippen LogP contribution in [0.4, 0.5) is 0 Å². The molecule has 0 spiro atoms. The number of hydrogen-bond acceptors (Lipinski definition) is 5. The minimum Gasteiger partial charge on any atom is -0.507 e. The Hall–Kier alpha value is -2.57. The average Bonchev–Trinajstić information content (AvgIpc) is 3.39. The van der Waals surface area contributed by atoms with Gasteiger partial charge in [0, 0.05) is 23.7 Å². The van der Waals surface area contributed by atoms with Gasteiger partial charge >= 0.3 is 0 Å². The summed E-state index contributed by atoms with van der Waals surface area (Å²) in [7, 11) is 0. The zero-order valence-corrected chi connectivity index (χ0v) is 16.1. The Labute approximate surface area is 167 Å². The second-order valence-electron chi connectivity index (χ2n) is 7.04. The molecule has 2 aliphatic heterocycles. The third-order valence-electron chi connectivity index (χ3n) is 5.11. The number of benzene rings is 1. The van der Waals surface area contributed by atoms with Crippen LogP contribution in [-0.2, 0) is 14.3 Å². The summed E-state index contributed by atoms with van der Waals surface area (Å²) in [5.41, 5.74) is 0.424. The topological polar surface area (TPSA) is 80.0 Å². The van der Waals surface area contributed by atoms with Crippen LogP contribution >= 0.6 is 11.6 Å². The van der Waals surface area contributed by atoms with E-state index in [2.05, 4.69) is 0 Å². The Morgan fingerprint density at radius 2 is 1.96 bits per heavy atom. The van der Waals surface area contributed by atoms with Gasteiger partial charge in [-0.3, -0.25) is 9.59 Å². The van der Waals surface area contributed by atoms with Crippen molar-refractivity contribution in [3.8, 4) is 0 Å². The number of nitrogens with zero attached hydrogens (tertiary/aromatic N) is 1. The quantitative estimate of drug-likeness (QED) is 0.478. The Balaban J connectivity index is 1.80. The van der Waals surface area contributed by atoms with E-state index in [1.165, 1.54) is 4.90 Å². The number of amides is 1. The van der Waals surface area contributed by atoms with Gasteiger partial charge in [0.25, 0.3) is 11.7 Å². The van der Waals surface area contributed by atoms with Crippen molar-refractivity contribution < 1.29 is 23.8 Å². The van der Waals surface area contributed by atoms with Crippen molar-refractivity contribution >= 4 is 29.1 Å². The molecule has 0 saturated carbocycles. The van der Waals surface area contributed by atoms with Crippen molar-refractivity contribution in [2.45, 2.75) is 31.9 Å². The van der Waals surface area contributed by atoms with Gasteiger partial charge in [-0.1, -0.05) is 11.6 Å². The molecule has 2 aromatic rings. The number of aliphatic hydroxyl groups is 1. The number of likely N-dealkylation sites (tertiary alicyclic amines) is 1. The lowest BCUT2D eigenvalue weighted by Gasteiger charge is -2.25. The predicted octanol–water partition coefficient (Wildman–Crippen LogP) is 3.84. The molecule has 0 radical (unpaired) electrons. The highest BCUT2D eigenvalue weighted by Crippen LogP contribution is 2.40. The van der Waals surface area contributed by atoms with Gasteiger partial charge in [-0.25, -0.2) is 0 Å². The number of carbonyl (C=O) groups excluding carboxylic acids is 2. The maximum absolute atomic E-state index is 12.8. The van der Waals surface area contributed by atoms with Crippen molar-refractivity contribution in [3.63, 3.8) is 0 Å². The molecule has 1 aromatic heterocycles. The van der Waals surface area contributed by atoms with E-state index in [0.717, 1.165) is 12.8 Å². The molecule has 0 unspecified atom stereocenters. The minimum absolute atomic E-state index is 0.0136. The monoisotopic (exact) mass is 401 g/mol. The van der Waals surface area contributed by atoms with E-state index in [0.29, 0.717) is 28.7 Å². The second kappa shape index (κ2) is 7.45. The van der Waals surface area contributed by atoms with Crippen LogP contribution in [0.3, 0.4) is 0 Å². The van der Waals surface area contributed by atoms with Crippen molar-refractivity contribution in [1.29, 1.82) is 0 Å². The first-order valence-corrected chi connectivity index (χ1v) is 9.56. The summed E-state index contributed by atoms with van der Waals surface area (Å²) in [6.07, 6.45) is 1.61. The highest BCUT2D eigenvalue weighted by atomic mass is 35.5.